The van der Waals surface area contributed by atoms with Gasteiger partial charge >= 0.3 is 6.18 Å². The Balaban J connectivity index is 1.62. The number of alkyl halides is 3. The summed E-state index contributed by atoms with van der Waals surface area (Å²) in [5.41, 5.74) is 2.32. The van der Waals surface area contributed by atoms with Crippen LogP contribution in [0.2, 0.25) is 0 Å². The third kappa shape index (κ3) is 3.96. The molecule has 0 saturated heterocycles. The maximum absolute atomic E-state index is 12.5. The van der Waals surface area contributed by atoms with Crippen molar-refractivity contribution in [1.29, 1.82) is 0 Å². The van der Waals surface area contributed by atoms with Gasteiger partial charge in [-0.15, -0.1) is 0 Å². The lowest BCUT2D eigenvalue weighted by atomic mass is 10.2. The largest absolute Gasteiger partial charge is 0.408 e. The number of rotatable bonds is 4. The number of carbonyl (C=O) groups excluding carboxylic acids is 1. The minimum atomic E-state index is -4.40. The van der Waals surface area contributed by atoms with Crippen molar-refractivity contribution in [2.45, 2.75) is 19.6 Å². The van der Waals surface area contributed by atoms with Gasteiger partial charge in [-0.05, 0) is 31.2 Å². The van der Waals surface area contributed by atoms with E-state index >= 15 is 0 Å². The number of amides is 1. The number of nitrogens with zero attached hydrogens (tertiary/aromatic N) is 5. The maximum Gasteiger partial charge on any atom is 0.408 e. The van der Waals surface area contributed by atoms with Crippen LogP contribution in [0.25, 0.3) is 16.7 Å². The summed E-state index contributed by atoms with van der Waals surface area (Å²) in [6, 6.07) is 12.6. The Labute approximate surface area is 162 Å². The smallest absolute Gasteiger partial charge is 0.318 e. The summed E-state index contributed by atoms with van der Waals surface area (Å²) in [4.78, 5) is 17.0. The van der Waals surface area contributed by atoms with E-state index in [0.717, 1.165) is 29.2 Å². The van der Waals surface area contributed by atoms with Gasteiger partial charge in [0, 0.05) is 11.6 Å². The number of para-hydroxylation sites is 1. The minimum absolute atomic E-state index is 0.109. The highest BCUT2D eigenvalue weighted by molar-refractivity contribution is 6.03. The van der Waals surface area contributed by atoms with Crippen molar-refractivity contribution in [2.24, 2.45) is 0 Å². The third-order valence-corrected chi connectivity index (χ3v) is 4.18. The van der Waals surface area contributed by atoms with Crippen LogP contribution in [0.15, 0.2) is 54.9 Å². The molecule has 29 heavy (non-hydrogen) atoms. The van der Waals surface area contributed by atoms with Gasteiger partial charge < -0.3 is 5.32 Å². The van der Waals surface area contributed by atoms with Crippen LogP contribution in [0, 0.1) is 6.92 Å². The number of hydrogen-bond donors (Lipinski definition) is 1. The summed E-state index contributed by atoms with van der Waals surface area (Å²) in [5.74, 6) is -0.558. The van der Waals surface area contributed by atoms with Crippen molar-refractivity contribution in [2.75, 3.05) is 5.32 Å². The average Bonchev–Trinajstić information content (AvgIpc) is 3.24. The number of carbonyl (C=O) groups is 1. The molecule has 1 N–H and O–H groups in total. The van der Waals surface area contributed by atoms with E-state index in [0.29, 0.717) is 10.3 Å². The fourth-order valence-corrected chi connectivity index (χ4v) is 2.91. The summed E-state index contributed by atoms with van der Waals surface area (Å²) in [6.07, 6.45) is -2.13. The van der Waals surface area contributed by atoms with Crippen LogP contribution in [0.1, 0.15) is 16.2 Å². The van der Waals surface area contributed by atoms with Gasteiger partial charge in [0.1, 0.15) is 12.2 Å². The normalized spacial score (nSPS) is 11.7. The van der Waals surface area contributed by atoms with Crippen molar-refractivity contribution >= 4 is 22.6 Å². The second kappa shape index (κ2) is 7.04. The lowest BCUT2D eigenvalue weighted by Crippen LogP contribution is -2.18. The van der Waals surface area contributed by atoms with Gasteiger partial charge in [-0.25, -0.2) is 9.67 Å². The van der Waals surface area contributed by atoms with E-state index in [1.54, 1.807) is 16.8 Å². The number of fused-ring (bicyclic) bond motifs is 1. The van der Waals surface area contributed by atoms with Gasteiger partial charge in [0.2, 0.25) is 0 Å². The van der Waals surface area contributed by atoms with Gasteiger partial charge in [-0.2, -0.15) is 23.4 Å². The minimum Gasteiger partial charge on any atom is -0.318 e. The molecule has 0 bridgehead atoms. The molecule has 0 radical (unpaired) electrons. The lowest BCUT2D eigenvalue weighted by molar-refractivity contribution is -0.142. The molecule has 0 spiro atoms. The van der Waals surface area contributed by atoms with Crippen LogP contribution in [0.5, 0.6) is 0 Å². The van der Waals surface area contributed by atoms with Crippen LogP contribution < -0.4 is 5.32 Å². The van der Waals surface area contributed by atoms with E-state index in [4.69, 9.17) is 0 Å². The summed E-state index contributed by atoms with van der Waals surface area (Å²) >= 11 is 0. The molecule has 4 rings (SSSR count). The molecule has 4 aromatic rings. The number of nitrogens with one attached hydrogen (secondary N) is 1. The summed E-state index contributed by atoms with van der Waals surface area (Å²) in [6.45, 7) is 0.612. The fraction of sp³-hybridized carbons (Fsp3) is 0.158. The zero-order valence-electron chi connectivity index (χ0n) is 15.2. The van der Waals surface area contributed by atoms with Gasteiger partial charge in [-0.1, -0.05) is 18.2 Å². The number of aryl methyl sites for hydroxylation is 1. The highest BCUT2D eigenvalue weighted by Crippen LogP contribution is 2.21. The van der Waals surface area contributed by atoms with E-state index in [1.165, 1.54) is 0 Å². The maximum atomic E-state index is 12.5. The van der Waals surface area contributed by atoms with Crippen molar-refractivity contribution < 1.29 is 18.0 Å². The number of pyridine rings is 1. The van der Waals surface area contributed by atoms with Gasteiger partial charge in [0.25, 0.3) is 5.91 Å². The molecule has 7 nitrogen and oxygen atoms in total. The molecule has 3 aromatic heterocycles. The van der Waals surface area contributed by atoms with E-state index < -0.39 is 18.6 Å². The first-order chi connectivity index (χ1) is 13.8. The summed E-state index contributed by atoms with van der Waals surface area (Å²) in [7, 11) is 0. The Morgan fingerprint density at radius 1 is 1.14 bits per heavy atom. The first kappa shape index (κ1) is 18.7. The first-order valence-corrected chi connectivity index (χ1v) is 8.62. The standard InChI is InChI=1S/C19H15F3N6O/c1-12-15-7-8-16(25-17(15)28(26-12)14-5-3-2-4-6-14)18(29)24-13-9-23-27(10-13)11-19(20,21)22/h2-10H,11H2,1H3,(H,24,29). The van der Waals surface area contributed by atoms with Crippen LogP contribution in [0.3, 0.4) is 0 Å². The Morgan fingerprint density at radius 3 is 2.62 bits per heavy atom. The third-order valence-electron chi connectivity index (χ3n) is 4.18. The predicted molar refractivity (Wildman–Crippen MR) is 99.8 cm³/mol. The Morgan fingerprint density at radius 2 is 1.90 bits per heavy atom. The summed E-state index contributed by atoms with van der Waals surface area (Å²) < 4.78 is 39.7. The lowest BCUT2D eigenvalue weighted by Gasteiger charge is -2.06. The summed E-state index contributed by atoms with van der Waals surface area (Å²) in [5, 5.41) is 11.4. The number of benzene rings is 1. The zero-order valence-corrected chi connectivity index (χ0v) is 15.2. The van der Waals surface area contributed by atoms with E-state index in [9.17, 15) is 18.0 Å². The SMILES string of the molecule is Cc1nn(-c2ccccc2)c2nc(C(=O)Nc3cnn(CC(F)(F)F)c3)ccc12. The molecule has 0 atom stereocenters. The number of anilines is 1. The quantitative estimate of drug-likeness (QED) is 0.566. The second-order valence-corrected chi connectivity index (χ2v) is 6.40. The topological polar surface area (TPSA) is 77.6 Å². The van der Waals surface area contributed by atoms with Crippen molar-refractivity contribution in [3.63, 3.8) is 0 Å². The monoisotopic (exact) mass is 400 g/mol. The molecule has 10 heteroatoms. The molecule has 148 valence electrons. The molecular formula is C19H15F3N6O. The highest BCUT2D eigenvalue weighted by atomic mass is 19.4. The van der Waals surface area contributed by atoms with Crippen LogP contribution >= 0.6 is 0 Å². The Kier molecular flexibility index (Phi) is 4.53. The highest BCUT2D eigenvalue weighted by Gasteiger charge is 2.28. The van der Waals surface area contributed by atoms with Crippen LogP contribution in [-0.4, -0.2) is 36.6 Å². The Hall–Kier alpha value is -3.69. The molecule has 0 aliphatic heterocycles. The van der Waals surface area contributed by atoms with Gasteiger partial charge in [0.15, 0.2) is 5.65 Å². The number of halogens is 3. The van der Waals surface area contributed by atoms with Crippen molar-refractivity contribution in [1.82, 2.24) is 24.5 Å². The molecule has 0 fully saturated rings. The van der Waals surface area contributed by atoms with E-state index in [2.05, 4.69) is 20.5 Å². The van der Waals surface area contributed by atoms with Gasteiger partial charge in [0.05, 0.1) is 23.3 Å². The zero-order chi connectivity index (χ0) is 20.6. The van der Waals surface area contributed by atoms with Crippen LogP contribution in [0.4, 0.5) is 18.9 Å². The molecule has 1 amide bonds. The molecule has 1 aromatic carbocycles. The predicted octanol–water partition coefficient (Wildman–Crippen LogP) is 3.74. The van der Waals surface area contributed by atoms with Gasteiger partial charge in [-0.3, -0.25) is 9.48 Å². The molecule has 0 aliphatic rings. The Bertz CT molecular complexity index is 1180. The molecule has 0 saturated carbocycles. The number of hydrogen-bond acceptors (Lipinski definition) is 4. The molecule has 0 aliphatic carbocycles. The van der Waals surface area contributed by atoms with Crippen LogP contribution in [-0.2, 0) is 6.54 Å². The molecular weight excluding hydrogens is 385 g/mol. The van der Waals surface area contributed by atoms with Crippen molar-refractivity contribution in [3.8, 4) is 5.69 Å². The molecule has 0 unspecified atom stereocenters. The second-order valence-electron chi connectivity index (χ2n) is 6.40. The number of aromatic nitrogens is 5. The van der Waals surface area contributed by atoms with Crippen molar-refractivity contribution in [3.05, 3.63) is 66.2 Å². The first-order valence-electron chi connectivity index (χ1n) is 8.62. The van der Waals surface area contributed by atoms with E-state index in [-0.39, 0.29) is 11.4 Å². The average molecular weight is 400 g/mol. The fourth-order valence-electron chi connectivity index (χ4n) is 2.91. The molecule has 3 heterocycles. The van der Waals surface area contributed by atoms with E-state index in [1.807, 2.05) is 37.3 Å².